The van der Waals surface area contributed by atoms with Crippen LogP contribution in [0, 0.1) is 12.3 Å². The molecule has 2 nitrogen and oxygen atoms in total. The summed E-state index contributed by atoms with van der Waals surface area (Å²) in [4.78, 5) is 24.5. The SMILES string of the molecule is Cc1cccc(C(=O)C2(C)CCCCC2=O)c1. The van der Waals surface area contributed by atoms with E-state index in [9.17, 15) is 9.59 Å². The normalized spacial score (nSPS) is 24.7. The molecule has 0 aromatic heterocycles. The highest BCUT2D eigenvalue weighted by Gasteiger charge is 2.42. The summed E-state index contributed by atoms with van der Waals surface area (Å²) in [6.45, 7) is 3.76. The fraction of sp³-hybridized carbons (Fsp3) is 0.467. The second-order valence-electron chi connectivity index (χ2n) is 5.16. The largest absolute Gasteiger partial charge is 0.299 e. The molecule has 1 aromatic rings. The topological polar surface area (TPSA) is 34.1 Å². The van der Waals surface area contributed by atoms with Crippen LogP contribution in [0.3, 0.4) is 0 Å². The van der Waals surface area contributed by atoms with Gasteiger partial charge in [0.1, 0.15) is 5.78 Å². The van der Waals surface area contributed by atoms with Crippen molar-refractivity contribution in [3.05, 3.63) is 35.4 Å². The zero-order valence-electron chi connectivity index (χ0n) is 10.5. The summed E-state index contributed by atoms with van der Waals surface area (Å²) in [6, 6.07) is 7.51. The Bertz CT molecular complexity index is 462. The van der Waals surface area contributed by atoms with E-state index in [4.69, 9.17) is 0 Å². The molecule has 90 valence electrons. The standard InChI is InChI=1S/C15H18O2/c1-11-6-5-7-12(10-11)14(17)15(2)9-4-3-8-13(15)16/h5-7,10H,3-4,8-9H2,1-2H3. The number of Topliss-reactive ketones (excluding diaryl/α,β-unsaturated/α-hetero) is 2. The summed E-state index contributed by atoms with van der Waals surface area (Å²) in [5.74, 6) is 0.0983. The minimum atomic E-state index is -0.786. The van der Waals surface area contributed by atoms with Crippen molar-refractivity contribution in [2.24, 2.45) is 5.41 Å². The van der Waals surface area contributed by atoms with Gasteiger partial charge in [0.25, 0.3) is 0 Å². The molecule has 0 bridgehead atoms. The van der Waals surface area contributed by atoms with Crippen LogP contribution in [0.5, 0.6) is 0 Å². The van der Waals surface area contributed by atoms with Crippen molar-refractivity contribution in [1.29, 1.82) is 0 Å². The summed E-state index contributed by atoms with van der Waals surface area (Å²) in [5, 5.41) is 0. The van der Waals surface area contributed by atoms with Gasteiger partial charge >= 0.3 is 0 Å². The molecule has 1 fully saturated rings. The van der Waals surface area contributed by atoms with Crippen molar-refractivity contribution in [2.75, 3.05) is 0 Å². The summed E-state index contributed by atoms with van der Waals surface area (Å²) < 4.78 is 0. The van der Waals surface area contributed by atoms with Gasteiger partial charge in [-0.2, -0.15) is 0 Å². The zero-order chi connectivity index (χ0) is 12.5. The highest BCUT2D eigenvalue weighted by molar-refractivity contribution is 6.14. The average molecular weight is 230 g/mol. The van der Waals surface area contributed by atoms with Crippen molar-refractivity contribution in [2.45, 2.75) is 39.5 Å². The number of ketones is 2. The van der Waals surface area contributed by atoms with Gasteiger partial charge in [0, 0.05) is 12.0 Å². The third-order valence-electron chi connectivity index (χ3n) is 3.73. The van der Waals surface area contributed by atoms with E-state index >= 15 is 0 Å². The Morgan fingerprint density at radius 3 is 2.71 bits per heavy atom. The molecule has 1 aliphatic rings. The molecular weight excluding hydrogens is 212 g/mol. The van der Waals surface area contributed by atoms with Gasteiger partial charge in [-0.3, -0.25) is 9.59 Å². The lowest BCUT2D eigenvalue weighted by molar-refractivity contribution is -0.127. The Labute approximate surface area is 102 Å². The molecule has 1 aromatic carbocycles. The first kappa shape index (κ1) is 12.0. The van der Waals surface area contributed by atoms with Crippen LogP contribution in [0.1, 0.15) is 48.5 Å². The van der Waals surface area contributed by atoms with E-state index in [1.54, 1.807) is 6.92 Å². The van der Waals surface area contributed by atoms with Crippen LogP contribution in [0.4, 0.5) is 0 Å². The van der Waals surface area contributed by atoms with Crippen LogP contribution >= 0.6 is 0 Å². The van der Waals surface area contributed by atoms with Crippen molar-refractivity contribution in [3.63, 3.8) is 0 Å². The zero-order valence-corrected chi connectivity index (χ0v) is 10.5. The lowest BCUT2D eigenvalue weighted by atomic mass is 9.70. The molecular formula is C15H18O2. The monoisotopic (exact) mass is 230 g/mol. The molecule has 0 amide bonds. The molecule has 0 spiro atoms. The van der Waals surface area contributed by atoms with Gasteiger partial charge in [-0.1, -0.05) is 30.2 Å². The first-order valence-corrected chi connectivity index (χ1v) is 6.19. The van der Waals surface area contributed by atoms with Gasteiger partial charge in [0.2, 0.25) is 0 Å². The van der Waals surface area contributed by atoms with Crippen LogP contribution in [-0.2, 0) is 4.79 Å². The number of carbonyl (C=O) groups excluding carboxylic acids is 2. The maximum atomic E-state index is 12.5. The first-order valence-electron chi connectivity index (χ1n) is 6.19. The third-order valence-corrected chi connectivity index (χ3v) is 3.73. The molecule has 1 saturated carbocycles. The molecule has 0 saturated heterocycles. The van der Waals surface area contributed by atoms with Gasteiger partial charge in [-0.05, 0) is 32.8 Å². The summed E-state index contributed by atoms with van der Waals surface area (Å²) in [6.07, 6.45) is 3.14. The van der Waals surface area contributed by atoms with E-state index in [-0.39, 0.29) is 11.6 Å². The van der Waals surface area contributed by atoms with Gasteiger partial charge in [0.05, 0.1) is 5.41 Å². The Hall–Kier alpha value is -1.44. The van der Waals surface area contributed by atoms with Gasteiger partial charge in [-0.15, -0.1) is 0 Å². The molecule has 0 heterocycles. The van der Waals surface area contributed by atoms with E-state index in [2.05, 4.69) is 0 Å². The van der Waals surface area contributed by atoms with E-state index in [0.29, 0.717) is 18.4 Å². The molecule has 0 aliphatic heterocycles. The minimum absolute atomic E-state index is 0.00843. The second kappa shape index (κ2) is 4.44. The summed E-state index contributed by atoms with van der Waals surface area (Å²) in [5.41, 5.74) is 0.942. The number of benzene rings is 1. The van der Waals surface area contributed by atoms with Crippen molar-refractivity contribution < 1.29 is 9.59 Å². The number of hydrogen-bond acceptors (Lipinski definition) is 2. The quantitative estimate of drug-likeness (QED) is 0.577. The van der Waals surface area contributed by atoms with Crippen LogP contribution in [0.2, 0.25) is 0 Å². The third kappa shape index (κ3) is 2.17. The molecule has 0 N–H and O–H groups in total. The molecule has 2 rings (SSSR count). The molecule has 2 heteroatoms. The maximum Gasteiger partial charge on any atom is 0.176 e. The van der Waals surface area contributed by atoms with Crippen LogP contribution in [0.25, 0.3) is 0 Å². The maximum absolute atomic E-state index is 12.5. The second-order valence-corrected chi connectivity index (χ2v) is 5.16. The van der Waals surface area contributed by atoms with Gasteiger partial charge in [0.15, 0.2) is 5.78 Å². The first-order chi connectivity index (χ1) is 8.04. The van der Waals surface area contributed by atoms with E-state index in [1.165, 1.54) is 0 Å². The van der Waals surface area contributed by atoms with Crippen molar-refractivity contribution in [3.8, 4) is 0 Å². The molecule has 1 unspecified atom stereocenters. The van der Waals surface area contributed by atoms with E-state index < -0.39 is 5.41 Å². The van der Waals surface area contributed by atoms with Crippen molar-refractivity contribution in [1.82, 2.24) is 0 Å². The number of hydrogen-bond donors (Lipinski definition) is 0. The average Bonchev–Trinajstić information content (AvgIpc) is 2.32. The van der Waals surface area contributed by atoms with E-state index in [1.807, 2.05) is 31.2 Å². The number of aryl methyl sites for hydroxylation is 1. The van der Waals surface area contributed by atoms with Crippen molar-refractivity contribution >= 4 is 11.6 Å². The smallest absolute Gasteiger partial charge is 0.176 e. The minimum Gasteiger partial charge on any atom is -0.299 e. The fourth-order valence-corrected chi connectivity index (χ4v) is 2.52. The Balaban J connectivity index is 2.33. The lowest BCUT2D eigenvalue weighted by Crippen LogP contribution is -2.39. The molecule has 1 aliphatic carbocycles. The Morgan fingerprint density at radius 1 is 1.29 bits per heavy atom. The Morgan fingerprint density at radius 2 is 2.06 bits per heavy atom. The Kier molecular flexibility index (Phi) is 3.14. The van der Waals surface area contributed by atoms with Crippen LogP contribution in [0.15, 0.2) is 24.3 Å². The number of carbonyl (C=O) groups is 2. The fourth-order valence-electron chi connectivity index (χ4n) is 2.52. The predicted molar refractivity (Wildman–Crippen MR) is 67.1 cm³/mol. The highest BCUT2D eigenvalue weighted by atomic mass is 16.2. The number of rotatable bonds is 2. The van der Waals surface area contributed by atoms with Crippen LogP contribution in [-0.4, -0.2) is 11.6 Å². The summed E-state index contributed by atoms with van der Waals surface area (Å²) >= 11 is 0. The predicted octanol–water partition coefficient (Wildman–Crippen LogP) is 3.33. The molecule has 1 atom stereocenters. The van der Waals surface area contributed by atoms with Gasteiger partial charge in [-0.25, -0.2) is 0 Å². The van der Waals surface area contributed by atoms with Gasteiger partial charge < -0.3 is 0 Å². The van der Waals surface area contributed by atoms with E-state index in [0.717, 1.165) is 18.4 Å². The highest BCUT2D eigenvalue weighted by Crippen LogP contribution is 2.35. The molecule has 0 radical (unpaired) electrons. The lowest BCUT2D eigenvalue weighted by Gasteiger charge is -2.30. The summed E-state index contributed by atoms with van der Waals surface area (Å²) in [7, 11) is 0. The molecule has 17 heavy (non-hydrogen) atoms. The van der Waals surface area contributed by atoms with Crippen LogP contribution < -0.4 is 0 Å².